The number of aliphatic hydroxyl groups is 1. The molecule has 1 aromatic rings. The van der Waals surface area contributed by atoms with Gasteiger partial charge in [-0.15, -0.1) is 0 Å². The molecule has 1 aliphatic rings. The van der Waals surface area contributed by atoms with Crippen LogP contribution >= 0.6 is 0 Å². The summed E-state index contributed by atoms with van der Waals surface area (Å²) in [6.07, 6.45) is 2.15. The molecule has 116 valence electrons. The smallest absolute Gasteiger partial charge is 0.143 e. The molecule has 1 fully saturated rings. The molecule has 0 saturated heterocycles. The summed E-state index contributed by atoms with van der Waals surface area (Å²) in [6.45, 7) is 8.18. The van der Waals surface area contributed by atoms with Gasteiger partial charge in [0.1, 0.15) is 17.2 Å². The van der Waals surface area contributed by atoms with E-state index in [0.29, 0.717) is 29.5 Å². The Morgan fingerprint density at radius 3 is 2.59 bits per heavy atom. The van der Waals surface area contributed by atoms with Gasteiger partial charge in [-0.05, 0) is 49.9 Å². The zero-order valence-corrected chi connectivity index (χ0v) is 13.0. The Bertz CT molecular complexity index is 617. The summed E-state index contributed by atoms with van der Waals surface area (Å²) in [5.41, 5.74) is 6.06. The van der Waals surface area contributed by atoms with Gasteiger partial charge in [-0.1, -0.05) is 6.58 Å². The van der Waals surface area contributed by atoms with E-state index in [2.05, 4.69) is 23.2 Å². The van der Waals surface area contributed by atoms with Crippen molar-refractivity contribution in [3.8, 4) is 11.8 Å². The molecule has 0 heterocycles. The normalized spacial score (nSPS) is 14.4. The summed E-state index contributed by atoms with van der Waals surface area (Å²) in [5, 5.41) is 22.2. The van der Waals surface area contributed by atoms with E-state index in [0.717, 1.165) is 29.7 Å². The number of aliphatic hydroxyl groups excluding tert-OH is 1. The topological polar surface area (TPSA) is 77.6 Å². The van der Waals surface area contributed by atoms with Crippen molar-refractivity contribution >= 4 is 5.71 Å². The maximum atomic E-state index is 9.11. The summed E-state index contributed by atoms with van der Waals surface area (Å²) in [7, 11) is 0. The molecule has 1 aromatic carbocycles. The lowest BCUT2D eigenvalue weighted by Gasteiger charge is -2.13. The second kappa shape index (κ2) is 7.10. The SMILES string of the molecule is C=C(Oc1cc(C)c(C#N)c(C)c1)/C(=N\NCCO)C1CC1. The van der Waals surface area contributed by atoms with Crippen LogP contribution < -0.4 is 10.2 Å². The van der Waals surface area contributed by atoms with Crippen molar-refractivity contribution in [2.45, 2.75) is 26.7 Å². The third kappa shape index (κ3) is 3.86. The maximum absolute atomic E-state index is 9.11. The van der Waals surface area contributed by atoms with Crippen molar-refractivity contribution in [1.82, 2.24) is 5.43 Å². The number of nitrogens with zero attached hydrogens (tertiary/aromatic N) is 2. The molecular formula is C17H21N3O2. The standard InChI is InChI=1S/C17H21N3O2/c1-11-8-15(9-12(2)16(11)10-18)22-13(3)17(14-4-5-14)20-19-6-7-21/h8-9,14,19,21H,3-7H2,1-2H3/b20-17+. The molecule has 1 saturated carbocycles. The average molecular weight is 299 g/mol. The molecule has 0 bridgehead atoms. The zero-order valence-electron chi connectivity index (χ0n) is 13.0. The number of nitrogens with one attached hydrogen (secondary N) is 1. The fourth-order valence-corrected chi connectivity index (χ4v) is 2.28. The molecule has 5 nitrogen and oxygen atoms in total. The monoisotopic (exact) mass is 299 g/mol. The first-order chi connectivity index (χ1) is 10.6. The van der Waals surface area contributed by atoms with Gasteiger partial charge in [-0.25, -0.2) is 0 Å². The van der Waals surface area contributed by atoms with Gasteiger partial charge in [-0.2, -0.15) is 10.4 Å². The van der Waals surface area contributed by atoms with Gasteiger partial charge in [0.25, 0.3) is 0 Å². The number of hydrogen-bond donors (Lipinski definition) is 2. The number of aryl methyl sites for hydroxylation is 2. The van der Waals surface area contributed by atoms with Crippen LogP contribution in [-0.4, -0.2) is 24.0 Å². The Hall–Kier alpha value is -2.32. The molecule has 0 radical (unpaired) electrons. The quantitative estimate of drug-likeness (QED) is 0.351. The van der Waals surface area contributed by atoms with E-state index in [9.17, 15) is 0 Å². The number of nitriles is 1. The summed E-state index contributed by atoms with van der Waals surface area (Å²) >= 11 is 0. The van der Waals surface area contributed by atoms with Crippen LogP contribution in [0.3, 0.4) is 0 Å². The van der Waals surface area contributed by atoms with E-state index in [4.69, 9.17) is 15.1 Å². The first-order valence-corrected chi connectivity index (χ1v) is 7.36. The summed E-state index contributed by atoms with van der Waals surface area (Å²) in [6, 6.07) is 5.87. The van der Waals surface area contributed by atoms with Crippen LogP contribution in [0.25, 0.3) is 0 Å². The van der Waals surface area contributed by atoms with E-state index in [1.165, 1.54) is 0 Å². The lowest BCUT2D eigenvalue weighted by Crippen LogP contribution is -2.18. The van der Waals surface area contributed by atoms with Gasteiger partial charge in [0.05, 0.1) is 24.8 Å². The lowest BCUT2D eigenvalue weighted by molar-refractivity contribution is 0.293. The predicted octanol–water partition coefficient (Wildman–Crippen LogP) is 2.42. The molecule has 0 spiro atoms. The molecular weight excluding hydrogens is 278 g/mol. The Labute approximate surface area is 130 Å². The van der Waals surface area contributed by atoms with E-state index < -0.39 is 0 Å². The minimum Gasteiger partial charge on any atom is -0.456 e. The minimum absolute atomic E-state index is 0.0305. The molecule has 1 aliphatic carbocycles. The summed E-state index contributed by atoms with van der Waals surface area (Å²) in [4.78, 5) is 0. The number of hydrazone groups is 1. The van der Waals surface area contributed by atoms with Crippen molar-refractivity contribution < 1.29 is 9.84 Å². The molecule has 2 rings (SSSR count). The van der Waals surface area contributed by atoms with Gasteiger partial charge in [-0.3, -0.25) is 0 Å². The molecule has 0 unspecified atom stereocenters. The second-order valence-corrected chi connectivity index (χ2v) is 5.47. The fraction of sp³-hybridized carbons (Fsp3) is 0.412. The Morgan fingerprint density at radius 1 is 1.45 bits per heavy atom. The average Bonchev–Trinajstić information content (AvgIpc) is 3.27. The van der Waals surface area contributed by atoms with E-state index in [1.54, 1.807) is 0 Å². The molecule has 5 heteroatoms. The number of benzene rings is 1. The van der Waals surface area contributed by atoms with Crippen LogP contribution in [0.2, 0.25) is 0 Å². The van der Waals surface area contributed by atoms with Gasteiger partial charge in [0.15, 0.2) is 0 Å². The summed E-state index contributed by atoms with van der Waals surface area (Å²) < 4.78 is 5.83. The molecule has 22 heavy (non-hydrogen) atoms. The Morgan fingerprint density at radius 2 is 2.09 bits per heavy atom. The van der Waals surface area contributed by atoms with Crippen LogP contribution in [0.1, 0.15) is 29.5 Å². The second-order valence-electron chi connectivity index (χ2n) is 5.47. The van der Waals surface area contributed by atoms with Crippen molar-refractivity contribution in [2.75, 3.05) is 13.2 Å². The van der Waals surface area contributed by atoms with Crippen LogP contribution in [0, 0.1) is 31.1 Å². The maximum Gasteiger partial charge on any atom is 0.143 e. The van der Waals surface area contributed by atoms with E-state index in [-0.39, 0.29) is 6.61 Å². The van der Waals surface area contributed by atoms with E-state index >= 15 is 0 Å². The zero-order chi connectivity index (χ0) is 16.1. The van der Waals surface area contributed by atoms with Crippen LogP contribution in [0.4, 0.5) is 0 Å². The predicted molar refractivity (Wildman–Crippen MR) is 85.6 cm³/mol. The number of allylic oxidation sites excluding steroid dienone is 1. The third-order valence-electron chi connectivity index (χ3n) is 3.53. The lowest BCUT2D eigenvalue weighted by atomic mass is 10.0. The third-order valence-corrected chi connectivity index (χ3v) is 3.53. The molecule has 2 N–H and O–H groups in total. The van der Waals surface area contributed by atoms with Crippen molar-refractivity contribution in [3.05, 3.63) is 41.2 Å². The largest absolute Gasteiger partial charge is 0.456 e. The highest BCUT2D eigenvalue weighted by Crippen LogP contribution is 2.34. The number of ether oxygens (including phenoxy) is 1. The van der Waals surface area contributed by atoms with Crippen LogP contribution in [-0.2, 0) is 0 Å². The van der Waals surface area contributed by atoms with Crippen molar-refractivity contribution in [3.63, 3.8) is 0 Å². The first kappa shape index (κ1) is 16.1. The highest BCUT2D eigenvalue weighted by Gasteiger charge is 2.30. The first-order valence-electron chi connectivity index (χ1n) is 7.36. The highest BCUT2D eigenvalue weighted by molar-refractivity contribution is 6.01. The fourth-order valence-electron chi connectivity index (χ4n) is 2.28. The van der Waals surface area contributed by atoms with E-state index in [1.807, 2.05) is 26.0 Å². The Balaban J connectivity index is 2.13. The highest BCUT2D eigenvalue weighted by atomic mass is 16.5. The van der Waals surface area contributed by atoms with Gasteiger partial charge >= 0.3 is 0 Å². The minimum atomic E-state index is 0.0305. The van der Waals surface area contributed by atoms with Gasteiger partial charge in [0.2, 0.25) is 0 Å². The van der Waals surface area contributed by atoms with Gasteiger partial charge in [0, 0.05) is 5.92 Å². The van der Waals surface area contributed by atoms with Crippen molar-refractivity contribution in [1.29, 1.82) is 5.26 Å². The summed E-state index contributed by atoms with van der Waals surface area (Å²) in [5.74, 6) is 1.55. The molecule has 0 atom stereocenters. The van der Waals surface area contributed by atoms with Crippen LogP contribution in [0.15, 0.2) is 29.6 Å². The number of hydrogen-bond acceptors (Lipinski definition) is 5. The molecule has 0 aliphatic heterocycles. The molecule has 0 amide bonds. The molecule has 0 aromatic heterocycles. The van der Waals surface area contributed by atoms with Crippen LogP contribution in [0.5, 0.6) is 5.75 Å². The van der Waals surface area contributed by atoms with Gasteiger partial charge < -0.3 is 15.3 Å². The van der Waals surface area contributed by atoms with Crippen molar-refractivity contribution in [2.24, 2.45) is 11.0 Å². The Kier molecular flexibility index (Phi) is 5.18. The number of rotatable bonds is 7.